The fourth-order valence-corrected chi connectivity index (χ4v) is 8.69. The SMILES string of the molecule is [2H]c1c([2H])c([2H])c(-c2cc(-c3c([2H])c([2H])c([2H])c([2H])c3[2H])c3sc4cc(-c5nc(-c6ccccc6)nc(-c6ccc7c(c6)c6ccccc6n7-c6ccccc6)n5)ccc4c3c2)c([2H])c1[2H]. The van der Waals surface area contributed by atoms with Gasteiger partial charge < -0.3 is 4.57 Å². The summed E-state index contributed by atoms with van der Waals surface area (Å²) in [5.74, 6) is 1.36. The van der Waals surface area contributed by atoms with Crippen molar-refractivity contribution in [3.8, 4) is 62.1 Å². The van der Waals surface area contributed by atoms with Crippen LogP contribution in [-0.4, -0.2) is 19.5 Å². The first kappa shape index (κ1) is 23.5. The van der Waals surface area contributed by atoms with Gasteiger partial charge in [-0.3, -0.25) is 0 Å². The number of rotatable bonds is 6. The molecule has 0 saturated carbocycles. The Balaban J connectivity index is 1.13. The molecule has 8 aromatic carbocycles. The molecule has 0 aliphatic heterocycles. The Morgan fingerprint density at radius 3 is 1.75 bits per heavy atom. The Bertz CT molecular complexity index is 3780. The molecule has 0 radical (unpaired) electrons. The zero-order valence-corrected chi connectivity index (χ0v) is 30.2. The van der Waals surface area contributed by atoms with E-state index in [-0.39, 0.29) is 22.3 Å². The summed E-state index contributed by atoms with van der Waals surface area (Å²) in [7, 11) is 0. The van der Waals surface area contributed by atoms with E-state index in [0.29, 0.717) is 33.1 Å². The van der Waals surface area contributed by atoms with E-state index in [1.54, 1.807) is 12.1 Å². The van der Waals surface area contributed by atoms with Gasteiger partial charge in [0.2, 0.25) is 0 Å². The summed E-state index contributed by atoms with van der Waals surface area (Å²) in [6, 6.07) is 38.7. The number of nitrogens with zero attached hydrogens (tertiary/aromatic N) is 4. The monoisotopic (exact) mass is 742 g/mol. The van der Waals surface area contributed by atoms with Crippen molar-refractivity contribution in [3.63, 3.8) is 0 Å². The predicted molar refractivity (Wildman–Crippen MR) is 234 cm³/mol. The maximum Gasteiger partial charge on any atom is 0.164 e. The average Bonchev–Trinajstić information content (AvgIpc) is 3.89. The summed E-state index contributed by atoms with van der Waals surface area (Å²) >= 11 is 1.34. The molecular weight excluding hydrogens is 701 g/mol. The molecule has 0 aliphatic rings. The van der Waals surface area contributed by atoms with Crippen LogP contribution < -0.4 is 0 Å². The lowest BCUT2D eigenvalue weighted by Crippen LogP contribution is -2.00. The molecule has 0 fully saturated rings. The summed E-state index contributed by atoms with van der Waals surface area (Å²) in [4.78, 5) is 15.1. The standard InChI is InChI=1S/C51H32N4S/c1-5-15-33(16-6-1)38-30-42(34-17-7-2-8-18-34)48-44(31-38)41-27-25-37(32-47(41)56-48)51-53-49(35-19-9-3-10-20-35)52-50(54-51)36-26-28-46-43(29-36)40-23-13-14-24-45(40)55(46)39-21-11-4-12-22-39/h1-32H/i1D,2D,5D,6D,7D,8D,15D,16D,17D,18D. The highest BCUT2D eigenvalue weighted by Crippen LogP contribution is 2.44. The number of fused-ring (bicyclic) bond motifs is 6. The topological polar surface area (TPSA) is 43.6 Å². The second kappa shape index (κ2) is 13.3. The van der Waals surface area contributed by atoms with Gasteiger partial charge in [0, 0.05) is 58.9 Å². The second-order valence-corrected chi connectivity index (χ2v) is 14.4. The van der Waals surface area contributed by atoms with E-state index in [1.165, 1.54) is 11.3 Å². The van der Waals surface area contributed by atoms with E-state index >= 15 is 0 Å². The molecule has 0 amide bonds. The Morgan fingerprint density at radius 1 is 0.411 bits per heavy atom. The van der Waals surface area contributed by atoms with Crippen molar-refractivity contribution < 1.29 is 13.7 Å². The van der Waals surface area contributed by atoms with E-state index in [0.717, 1.165) is 48.7 Å². The summed E-state index contributed by atoms with van der Waals surface area (Å²) in [5.41, 5.74) is 5.81. The molecular formula is C51H32N4S. The third-order valence-corrected chi connectivity index (χ3v) is 11.2. The van der Waals surface area contributed by atoms with Crippen LogP contribution in [-0.2, 0) is 0 Å². The molecule has 0 spiro atoms. The van der Waals surface area contributed by atoms with Crippen LogP contribution in [0.1, 0.15) is 13.7 Å². The van der Waals surface area contributed by atoms with Crippen LogP contribution in [0.4, 0.5) is 0 Å². The summed E-state index contributed by atoms with van der Waals surface area (Å²) in [6.45, 7) is 0. The average molecular weight is 743 g/mol. The molecule has 0 N–H and O–H groups in total. The van der Waals surface area contributed by atoms with Gasteiger partial charge in [-0.1, -0.05) is 139 Å². The van der Waals surface area contributed by atoms with Crippen LogP contribution in [0.5, 0.6) is 0 Å². The molecule has 3 heterocycles. The molecule has 4 nitrogen and oxygen atoms in total. The van der Waals surface area contributed by atoms with E-state index in [4.69, 9.17) is 28.7 Å². The van der Waals surface area contributed by atoms with Crippen molar-refractivity contribution in [2.75, 3.05) is 0 Å². The molecule has 3 aromatic heterocycles. The van der Waals surface area contributed by atoms with Gasteiger partial charge in [0.1, 0.15) is 0 Å². The highest BCUT2D eigenvalue weighted by molar-refractivity contribution is 7.26. The van der Waals surface area contributed by atoms with Crippen LogP contribution >= 0.6 is 11.3 Å². The highest BCUT2D eigenvalue weighted by atomic mass is 32.1. The van der Waals surface area contributed by atoms with Gasteiger partial charge >= 0.3 is 0 Å². The van der Waals surface area contributed by atoms with Gasteiger partial charge in [-0.25, -0.2) is 15.0 Å². The number of hydrogen-bond acceptors (Lipinski definition) is 4. The maximum absolute atomic E-state index is 8.94. The van der Waals surface area contributed by atoms with E-state index in [2.05, 4.69) is 41.0 Å². The molecule has 262 valence electrons. The van der Waals surface area contributed by atoms with E-state index < -0.39 is 60.4 Å². The lowest BCUT2D eigenvalue weighted by molar-refractivity contribution is 1.07. The predicted octanol–water partition coefficient (Wildman–Crippen LogP) is 13.7. The van der Waals surface area contributed by atoms with Crippen molar-refractivity contribution in [2.45, 2.75) is 0 Å². The zero-order valence-electron chi connectivity index (χ0n) is 39.4. The van der Waals surface area contributed by atoms with Gasteiger partial charge in [-0.05, 0) is 71.3 Å². The summed E-state index contributed by atoms with van der Waals surface area (Å²) in [6.07, 6.45) is 0. The van der Waals surface area contributed by atoms with Crippen molar-refractivity contribution in [2.24, 2.45) is 0 Å². The first-order chi connectivity index (χ1) is 31.9. The molecule has 11 rings (SSSR count). The first-order valence-corrected chi connectivity index (χ1v) is 18.8. The number of aromatic nitrogens is 4. The van der Waals surface area contributed by atoms with Gasteiger partial charge in [0.25, 0.3) is 0 Å². The Morgan fingerprint density at radius 2 is 1.00 bits per heavy atom. The smallest absolute Gasteiger partial charge is 0.164 e. The van der Waals surface area contributed by atoms with Crippen molar-refractivity contribution in [1.82, 2.24) is 19.5 Å². The van der Waals surface area contributed by atoms with Crippen molar-refractivity contribution in [1.29, 1.82) is 0 Å². The van der Waals surface area contributed by atoms with Crippen LogP contribution in [0.3, 0.4) is 0 Å². The van der Waals surface area contributed by atoms with Gasteiger partial charge in [-0.15, -0.1) is 11.3 Å². The van der Waals surface area contributed by atoms with Crippen molar-refractivity contribution in [3.05, 3.63) is 194 Å². The normalized spacial score (nSPS) is 14.1. The van der Waals surface area contributed by atoms with Crippen LogP contribution in [0.25, 0.3) is 104 Å². The van der Waals surface area contributed by atoms with Crippen LogP contribution in [0, 0.1) is 0 Å². The molecule has 0 saturated heterocycles. The molecule has 11 aromatic rings. The fraction of sp³-hybridized carbons (Fsp3) is 0. The van der Waals surface area contributed by atoms with E-state index in [9.17, 15) is 0 Å². The minimum absolute atomic E-state index is 0.0644. The summed E-state index contributed by atoms with van der Waals surface area (Å²) in [5, 5.41) is 3.47. The largest absolute Gasteiger partial charge is 0.309 e. The van der Waals surface area contributed by atoms with E-state index in [1.807, 2.05) is 84.9 Å². The van der Waals surface area contributed by atoms with Crippen LogP contribution in [0.15, 0.2) is 194 Å². The maximum atomic E-state index is 8.94. The molecule has 5 heteroatoms. The Kier molecular flexibility index (Phi) is 5.58. The van der Waals surface area contributed by atoms with Crippen LogP contribution in [0.2, 0.25) is 0 Å². The minimum Gasteiger partial charge on any atom is -0.309 e. The minimum atomic E-state index is -0.543. The lowest BCUT2D eigenvalue weighted by atomic mass is 9.96. The molecule has 0 atom stereocenters. The quantitative estimate of drug-likeness (QED) is 0.170. The number of benzene rings is 8. The highest BCUT2D eigenvalue weighted by Gasteiger charge is 2.18. The third kappa shape index (κ3) is 5.48. The van der Waals surface area contributed by atoms with Gasteiger partial charge in [-0.2, -0.15) is 0 Å². The number of hydrogen-bond donors (Lipinski definition) is 0. The van der Waals surface area contributed by atoms with Gasteiger partial charge in [0.15, 0.2) is 17.5 Å². The fourth-order valence-electron chi connectivity index (χ4n) is 7.44. The molecule has 0 unspecified atom stereocenters. The molecule has 0 bridgehead atoms. The Hall–Kier alpha value is -7.21. The van der Waals surface area contributed by atoms with Crippen molar-refractivity contribution >= 4 is 53.3 Å². The second-order valence-electron chi connectivity index (χ2n) is 13.3. The molecule has 0 aliphatic carbocycles. The number of thiophene rings is 1. The third-order valence-electron chi connectivity index (χ3n) is 10.0. The Labute approximate surface area is 341 Å². The van der Waals surface area contributed by atoms with Gasteiger partial charge in [0.05, 0.1) is 24.7 Å². The first-order valence-electron chi connectivity index (χ1n) is 23.0. The number of para-hydroxylation sites is 2. The lowest BCUT2D eigenvalue weighted by Gasteiger charge is -2.10. The molecule has 56 heavy (non-hydrogen) atoms. The zero-order chi connectivity index (χ0) is 45.7. The summed E-state index contributed by atoms with van der Waals surface area (Å²) < 4.78 is 89.4.